The van der Waals surface area contributed by atoms with Crippen LogP contribution in [0, 0.1) is 0 Å². The molecule has 6 heteroatoms. The molecule has 0 atom stereocenters. The SMILES string of the molecule is COc1ccccc1NC(=O)c1oc2ccccc2c1NC(=O)c1ccc2ccccc2c1. The molecule has 0 unspecified atom stereocenters. The van der Waals surface area contributed by atoms with Gasteiger partial charge in [0.1, 0.15) is 17.0 Å². The molecule has 4 aromatic carbocycles. The van der Waals surface area contributed by atoms with Crippen molar-refractivity contribution >= 4 is 44.9 Å². The molecule has 0 saturated heterocycles. The van der Waals surface area contributed by atoms with Crippen LogP contribution in [0.1, 0.15) is 20.9 Å². The number of amides is 2. The molecule has 0 radical (unpaired) electrons. The van der Waals surface area contributed by atoms with Gasteiger partial charge in [0.15, 0.2) is 0 Å². The first-order valence-corrected chi connectivity index (χ1v) is 10.4. The van der Waals surface area contributed by atoms with E-state index in [1.165, 1.54) is 7.11 Å². The maximum absolute atomic E-state index is 13.2. The van der Waals surface area contributed by atoms with E-state index in [-0.39, 0.29) is 11.7 Å². The molecular weight excluding hydrogens is 416 g/mol. The molecule has 0 aliphatic heterocycles. The largest absolute Gasteiger partial charge is 0.495 e. The minimum absolute atomic E-state index is 0.0104. The van der Waals surface area contributed by atoms with E-state index >= 15 is 0 Å². The number of hydrogen-bond acceptors (Lipinski definition) is 4. The number of benzene rings is 4. The zero-order valence-electron chi connectivity index (χ0n) is 17.8. The summed E-state index contributed by atoms with van der Waals surface area (Å²) in [6.45, 7) is 0. The highest BCUT2D eigenvalue weighted by atomic mass is 16.5. The maximum atomic E-state index is 13.2. The van der Waals surface area contributed by atoms with Gasteiger partial charge in [0.25, 0.3) is 11.8 Å². The second-order valence-electron chi connectivity index (χ2n) is 7.47. The van der Waals surface area contributed by atoms with Crippen LogP contribution >= 0.6 is 0 Å². The molecule has 162 valence electrons. The van der Waals surface area contributed by atoms with E-state index in [0.717, 1.165) is 10.8 Å². The monoisotopic (exact) mass is 436 g/mol. The van der Waals surface area contributed by atoms with Crippen LogP contribution in [-0.2, 0) is 0 Å². The Bertz CT molecular complexity index is 1500. The van der Waals surface area contributed by atoms with Gasteiger partial charge < -0.3 is 19.8 Å². The van der Waals surface area contributed by atoms with Crippen molar-refractivity contribution in [2.24, 2.45) is 0 Å². The van der Waals surface area contributed by atoms with Crippen molar-refractivity contribution in [1.82, 2.24) is 0 Å². The lowest BCUT2D eigenvalue weighted by atomic mass is 10.1. The number of anilines is 2. The van der Waals surface area contributed by atoms with Crippen LogP contribution in [0.5, 0.6) is 5.75 Å². The van der Waals surface area contributed by atoms with E-state index in [4.69, 9.17) is 9.15 Å². The normalized spacial score (nSPS) is 10.8. The smallest absolute Gasteiger partial charge is 0.293 e. The van der Waals surface area contributed by atoms with E-state index in [1.54, 1.807) is 36.4 Å². The molecule has 1 aromatic heterocycles. The number of fused-ring (bicyclic) bond motifs is 2. The lowest BCUT2D eigenvalue weighted by Crippen LogP contribution is -2.17. The topological polar surface area (TPSA) is 80.6 Å². The highest BCUT2D eigenvalue weighted by Crippen LogP contribution is 2.33. The number of methoxy groups -OCH3 is 1. The number of furan rings is 1. The van der Waals surface area contributed by atoms with Crippen molar-refractivity contribution in [2.45, 2.75) is 0 Å². The van der Waals surface area contributed by atoms with Crippen molar-refractivity contribution in [3.05, 3.63) is 102 Å². The number of carbonyl (C=O) groups excluding carboxylic acids is 2. The van der Waals surface area contributed by atoms with Gasteiger partial charge in [-0.2, -0.15) is 0 Å². The van der Waals surface area contributed by atoms with Crippen LogP contribution in [0.15, 0.2) is 95.4 Å². The Hall–Kier alpha value is -4.58. The quantitative estimate of drug-likeness (QED) is 0.349. The van der Waals surface area contributed by atoms with E-state index in [0.29, 0.717) is 33.7 Å². The number of hydrogen-bond donors (Lipinski definition) is 2. The Morgan fingerprint density at radius 3 is 2.33 bits per heavy atom. The highest BCUT2D eigenvalue weighted by molar-refractivity contribution is 6.17. The lowest BCUT2D eigenvalue weighted by molar-refractivity contribution is 0.0999. The molecule has 6 nitrogen and oxygen atoms in total. The van der Waals surface area contributed by atoms with Crippen LogP contribution in [0.2, 0.25) is 0 Å². The molecule has 5 rings (SSSR count). The first-order valence-electron chi connectivity index (χ1n) is 10.4. The molecule has 2 amide bonds. The van der Waals surface area contributed by atoms with Crippen LogP contribution < -0.4 is 15.4 Å². The van der Waals surface area contributed by atoms with Gasteiger partial charge in [-0.05, 0) is 47.2 Å². The standard InChI is InChI=1S/C27H20N2O4/c1-32-23-13-7-5-11-21(23)28-27(31)25-24(20-10-4-6-12-22(20)33-25)29-26(30)19-15-14-17-8-2-3-9-18(17)16-19/h2-16H,1H3,(H,28,31)(H,29,30). The fourth-order valence-corrected chi connectivity index (χ4v) is 3.77. The van der Waals surface area contributed by atoms with Crippen LogP contribution in [0.4, 0.5) is 11.4 Å². The van der Waals surface area contributed by atoms with Gasteiger partial charge in [-0.3, -0.25) is 9.59 Å². The van der Waals surface area contributed by atoms with Gasteiger partial charge in [0.2, 0.25) is 5.76 Å². The molecule has 33 heavy (non-hydrogen) atoms. The minimum Gasteiger partial charge on any atom is -0.495 e. The van der Waals surface area contributed by atoms with Crippen molar-refractivity contribution in [3.63, 3.8) is 0 Å². The first-order chi connectivity index (χ1) is 16.1. The van der Waals surface area contributed by atoms with Crippen molar-refractivity contribution in [3.8, 4) is 5.75 Å². The number of ether oxygens (including phenoxy) is 1. The molecule has 0 fully saturated rings. The molecule has 1 heterocycles. The highest BCUT2D eigenvalue weighted by Gasteiger charge is 2.23. The van der Waals surface area contributed by atoms with Gasteiger partial charge in [-0.1, -0.05) is 54.6 Å². The lowest BCUT2D eigenvalue weighted by Gasteiger charge is -2.10. The summed E-state index contributed by atoms with van der Waals surface area (Å²) < 4.78 is 11.2. The Kier molecular flexibility index (Phi) is 5.24. The predicted octanol–water partition coefficient (Wildman–Crippen LogP) is 6.10. The van der Waals surface area contributed by atoms with Gasteiger partial charge in [0, 0.05) is 10.9 Å². The summed E-state index contributed by atoms with van der Waals surface area (Å²) in [5.74, 6) is -0.303. The number of carbonyl (C=O) groups is 2. The van der Waals surface area contributed by atoms with Gasteiger partial charge in [0.05, 0.1) is 12.8 Å². The minimum atomic E-state index is -0.496. The average Bonchev–Trinajstić information content (AvgIpc) is 3.22. The predicted molar refractivity (Wildman–Crippen MR) is 129 cm³/mol. The number of para-hydroxylation sites is 3. The van der Waals surface area contributed by atoms with E-state index < -0.39 is 5.91 Å². The zero-order chi connectivity index (χ0) is 22.8. The van der Waals surface area contributed by atoms with E-state index in [9.17, 15) is 9.59 Å². The van der Waals surface area contributed by atoms with Gasteiger partial charge >= 0.3 is 0 Å². The molecule has 0 aliphatic rings. The van der Waals surface area contributed by atoms with Crippen molar-refractivity contribution in [2.75, 3.05) is 17.7 Å². The fraction of sp³-hybridized carbons (Fsp3) is 0.0370. The van der Waals surface area contributed by atoms with Crippen molar-refractivity contribution in [1.29, 1.82) is 0 Å². The Labute approximate surface area is 189 Å². The first kappa shape index (κ1) is 20.3. The van der Waals surface area contributed by atoms with Crippen LogP contribution in [0.3, 0.4) is 0 Å². The summed E-state index contributed by atoms with van der Waals surface area (Å²) >= 11 is 0. The Morgan fingerprint density at radius 2 is 1.48 bits per heavy atom. The van der Waals surface area contributed by atoms with Crippen molar-refractivity contribution < 1.29 is 18.7 Å². The summed E-state index contributed by atoms with van der Waals surface area (Å²) in [5.41, 5.74) is 1.79. The Balaban J connectivity index is 1.51. The third-order valence-electron chi connectivity index (χ3n) is 5.41. The molecule has 5 aromatic rings. The fourth-order valence-electron chi connectivity index (χ4n) is 3.77. The molecule has 2 N–H and O–H groups in total. The summed E-state index contributed by atoms with van der Waals surface area (Å²) in [7, 11) is 1.53. The maximum Gasteiger partial charge on any atom is 0.293 e. The summed E-state index contributed by atoms with van der Waals surface area (Å²) in [4.78, 5) is 26.3. The second-order valence-corrected chi connectivity index (χ2v) is 7.47. The molecule has 0 bridgehead atoms. The summed E-state index contributed by atoms with van der Waals surface area (Å²) in [6, 6.07) is 27.5. The van der Waals surface area contributed by atoms with Gasteiger partial charge in [-0.25, -0.2) is 0 Å². The molecular formula is C27H20N2O4. The molecule has 0 saturated carbocycles. The summed E-state index contributed by atoms with van der Waals surface area (Å²) in [5, 5.41) is 8.32. The van der Waals surface area contributed by atoms with Gasteiger partial charge in [-0.15, -0.1) is 0 Å². The van der Waals surface area contributed by atoms with E-state index in [2.05, 4.69) is 10.6 Å². The average molecular weight is 436 g/mol. The van der Waals surface area contributed by atoms with Crippen LogP contribution in [0.25, 0.3) is 21.7 Å². The third-order valence-corrected chi connectivity index (χ3v) is 5.41. The Morgan fingerprint density at radius 1 is 0.758 bits per heavy atom. The van der Waals surface area contributed by atoms with E-state index in [1.807, 2.05) is 54.6 Å². The number of nitrogens with one attached hydrogen (secondary N) is 2. The second kappa shape index (κ2) is 8.51. The zero-order valence-corrected chi connectivity index (χ0v) is 17.8. The number of rotatable bonds is 5. The summed E-state index contributed by atoms with van der Waals surface area (Å²) in [6.07, 6.45) is 0. The molecule has 0 aliphatic carbocycles. The third kappa shape index (κ3) is 3.90. The van der Waals surface area contributed by atoms with Crippen LogP contribution in [-0.4, -0.2) is 18.9 Å². The molecule has 0 spiro atoms.